The van der Waals surface area contributed by atoms with Crippen molar-refractivity contribution in [3.05, 3.63) is 28.8 Å². The lowest BCUT2D eigenvalue weighted by Gasteiger charge is -2.19. The zero-order valence-corrected chi connectivity index (χ0v) is 13.3. The highest BCUT2D eigenvalue weighted by atomic mass is 32.1. The Morgan fingerprint density at radius 3 is 2.82 bits per heavy atom. The van der Waals surface area contributed by atoms with E-state index in [1.807, 2.05) is 19.2 Å². The molecule has 1 unspecified atom stereocenters. The van der Waals surface area contributed by atoms with Gasteiger partial charge in [-0.25, -0.2) is 4.98 Å². The maximum absolute atomic E-state index is 12.3. The standard InChI is InChI=1S/C14H19N5O2S/c1-9(2)5-11(14(21)18-12-3-4-16-19-12)17-13(20)6-10-7-22-8-15-10/h3-4,7-9,11H,5-6H2,1-2H3,(H,17,20)(H2,16,18,19,21). The summed E-state index contributed by atoms with van der Waals surface area (Å²) in [7, 11) is 0. The third kappa shape index (κ3) is 4.96. The van der Waals surface area contributed by atoms with Gasteiger partial charge in [0, 0.05) is 11.4 Å². The number of nitrogens with one attached hydrogen (secondary N) is 3. The number of aromatic amines is 1. The first kappa shape index (κ1) is 16.2. The van der Waals surface area contributed by atoms with Crippen molar-refractivity contribution in [1.29, 1.82) is 0 Å². The number of aromatic nitrogens is 3. The number of carbonyl (C=O) groups is 2. The Balaban J connectivity index is 1.95. The molecule has 0 aliphatic heterocycles. The number of amides is 2. The van der Waals surface area contributed by atoms with Crippen molar-refractivity contribution in [1.82, 2.24) is 20.5 Å². The van der Waals surface area contributed by atoms with Crippen LogP contribution in [0.3, 0.4) is 0 Å². The second-order valence-corrected chi connectivity index (χ2v) is 6.08. The molecule has 2 rings (SSSR count). The van der Waals surface area contributed by atoms with E-state index >= 15 is 0 Å². The molecule has 2 aromatic heterocycles. The van der Waals surface area contributed by atoms with Gasteiger partial charge in [0.2, 0.25) is 11.8 Å². The molecule has 7 nitrogen and oxygen atoms in total. The van der Waals surface area contributed by atoms with E-state index in [2.05, 4.69) is 25.8 Å². The van der Waals surface area contributed by atoms with E-state index in [9.17, 15) is 9.59 Å². The van der Waals surface area contributed by atoms with Crippen LogP contribution in [0.15, 0.2) is 23.2 Å². The summed E-state index contributed by atoms with van der Waals surface area (Å²) in [6, 6.07) is 1.07. The van der Waals surface area contributed by atoms with Gasteiger partial charge in [0.15, 0.2) is 0 Å². The van der Waals surface area contributed by atoms with Gasteiger partial charge in [-0.05, 0) is 12.3 Å². The van der Waals surface area contributed by atoms with Crippen molar-refractivity contribution in [2.45, 2.75) is 32.7 Å². The first-order valence-electron chi connectivity index (χ1n) is 7.01. The fourth-order valence-corrected chi connectivity index (χ4v) is 2.54. The molecule has 0 aliphatic carbocycles. The van der Waals surface area contributed by atoms with E-state index in [1.165, 1.54) is 11.3 Å². The molecule has 0 bridgehead atoms. The van der Waals surface area contributed by atoms with E-state index in [1.54, 1.807) is 17.8 Å². The monoisotopic (exact) mass is 321 g/mol. The van der Waals surface area contributed by atoms with Crippen LogP contribution >= 0.6 is 11.3 Å². The molecule has 2 amide bonds. The summed E-state index contributed by atoms with van der Waals surface area (Å²) < 4.78 is 0. The van der Waals surface area contributed by atoms with E-state index < -0.39 is 6.04 Å². The Bertz CT molecular complexity index is 595. The van der Waals surface area contributed by atoms with E-state index in [0.717, 1.165) is 0 Å². The molecule has 2 aromatic rings. The number of carbonyl (C=O) groups excluding carboxylic acids is 2. The van der Waals surface area contributed by atoms with Crippen molar-refractivity contribution < 1.29 is 9.59 Å². The molecule has 0 radical (unpaired) electrons. The molecule has 0 spiro atoms. The van der Waals surface area contributed by atoms with Crippen molar-refractivity contribution >= 4 is 29.0 Å². The molecule has 1 atom stereocenters. The fraction of sp³-hybridized carbons (Fsp3) is 0.429. The van der Waals surface area contributed by atoms with Gasteiger partial charge in [-0.1, -0.05) is 13.8 Å². The normalized spacial score (nSPS) is 12.1. The van der Waals surface area contributed by atoms with Gasteiger partial charge in [0.1, 0.15) is 11.9 Å². The van der Waals surface area contributed by atoms with Gasteiger partial charge in [-0.3, -0.25) is 14.7 Å². The third-order valence-electron chi connectivity index (χ3n) is 2.94. The highest BCUT2D eigenvalue weighted by molar-refractivity contribution is 7.07. The fourth-order valence-electron chi connectivity index (χ4n) is 1.98. The summed E-state index contributed by atoms with van der Waals surface area (Å²) in [5.41, 5.74) is 2.39. The molecule has 2 heterocycles. The molecular weight excluding hydrogens is 302 g/mol. The highest BCUT2D eigenvalue weighted by Gasteiger charge is 2.22. The summed E-state index contributed by atoms with van der Waals surface area (Å²) in [4.78, 5) is 28.4. The molecule has 0 saturated heterocycles. The minimum Gasteiger partial charge on any atom is -0.344 e. The number of thiazole rings is 1. The van der Waals surface area contributed by atoms with E-state index in [-0.39, 0.29) is 24.2 Å². The van der Waals surface area contributed by atoms with Crippen LogP contribution in [-0.2, 0) is 16.0 Å². The van der Waals surface area contributed by atoms with Crippen LogP contribution in [-0.4, -0.2) is 33.0 Å². The molecule has 22 heavy (non-hydrogen) atoms. The summed E-state index contributed by atoms with van der Waals surface area (Å²) in [6.45, 7) is 4.01. The van der Waals surface area contributed by atoms with Gasteiger partial charge in [0.25, 0.3) is 0 Å². The predicted molar refractivity (Wildman–Crippen MR) is 84.4 cm³/mol. The Labute approximate surface area is 132 Å². The number of nitrogens with zero attached hydrogens (tertiary/aromatic N) is 2. The highest BCUT2D eigenvalue weighted by Crippen LogP contribution is 2.09. The second-order valence-electron chi connectivity index (χ2n) is 5.37. The maximum Gasteiger partial charge on any atom is 0.248 e. The average molecular weight is 321 g/mol. The topological polar surface area (TPSA) is 99.8 Å². The van der Waals surface area contributed by atoms with Crippen LogP contribution in [0.25, 0.3) is 0 Å². The van der Waals surface area contributed by atoms with Crippen molar-refractivity contribution in [3.8, 4) is 0 Å². The smallest absolute Gasteiger partial charge is 0.248 e. The van der Waals surface area contributed by atoms with E-state index in [0.29, 0.717) is 17.9 Å². The SMILES string of the molecule is CC(C)CC(NC(=O)Cc1cscn1)C(=O)Nc1ccn[nH]1. The molecule has 118 valence electrons. The lowest BCUT2D eigenvalue weighted by Crippen LogP contribution is -2.45. The van der Waals surface area contributed by atoms with Crippen molar-refractivity contribution in [3.63, 3.8) is 0 Å². The lowest BCUT2D eigenvalue weighted by atomic mass is 10.0. The maximum atomic E-state index is 12.3. The zero-order valence-electron chi connectivity index (χ0n) is 12.5. The van der Waals surface area contributed by atoms with E-state index in [4.69, 9.17) is 0 Å². The number of rotatable bonds is 7. The molecule has 0 fully saturated rings. The Hall–Kier alpha value is -2.22. The van der Waals surface area contributed by atoms with Crippen LogP contribution in [0.2, 0.25) is 0 Å². The number of hydrogen-bond acceptors (Lipinski definition) is 5. The summed E-state index contributed by atoms with van der Waals surface area (Å²) in [6.07, 6.45) is 2.28. The van der Waals surface area contributed by atoms with Crippen LogP contribution in [0, 0.1) is 5.92 Å². The molecule has 0 aromatic carbocycles. The largest absolute Gasteiger partial charge is 0.344 e. The predicted octanol–water partition coefficient (Wildman–Crippen LogP) is 1.58. The minimum absolute atomic E-state index is 0.176. The molecular formula is C14H19N5O2S. The van der Waals surface area contributed by atoms with Crippen LogP contribution < -0.4 is 10.6 Å². The van der Waals surface area contributed by atoms with Gasteiger partial charge < -0.3 is 10.6 Å². The molecule has 0 aliphatic rings. The Morgan fingerprint density at radius 2 is 2.23 bits per heavy atom. The van der Waals surface area contributed by atoms with Crippen LogP contribution in [0.4, 0.5) is 5.82 Å². The first-order valence-corrected chi connectivity index (χ1v) is 7.95. The Kier molecular flexibility index (Phi) is 5.65. The average Bonchev–Trinajstić information content (AvgIpc) is 3.10. The van der Waals surface area contributed by atoms with Gasteiger partial charge in [-0.2, -0.15) is 5.10 Å². The summed E-state index contributed by atoms with van der Waals surface area (Å²) in [5.74, 6) is 0.311. The van der Waals surface area contributed by atoms with Crippen LogP contribution in [0.5, 0.6) is 0 Å². The third-order valence-corrected chi connectivity index (χ3v) is 3.58. The number of anilines is 1. The van der Waals surface area contributed by atoms with Crippen LogP contribution in [0.1, 0.15) is 26.0 Å². The number of hydrogen-bond donors (Lipinski definition) is 3. The minimum atomic E-state index is -0.588. The zero-order chi connectivity index (χ0) is 15.9. The van der Waals surface area contributed by atoms with Crippen molar-refractivity contribution in [2.75, 3.05) is 5.32 Å². The molecule has 8 heteroatoms. The first-order chi connectivity index (χ1) is 10.5. The summed E-state index contributed by atoms with van der Waals surface area (Å²) in [5, 5.41) is 13.7. The Morgan fingerprint density at radius 1 is 1.41 bits per heavy atom. The second kappa shape index (κ2) is 7.69. The lowest BCUT2D eigenvalue weighted by molar-refractivity contribution is -0.126. The molecule has 3 N–H and O–H groups in total. The van der Waals surface area contributed by atoms with Gasteiger partial charge >= 0.3 is 0 Å². The molecule has 0 saturated carbocycles. The number of H-pyrrole nitrogens is 1. The van der Waals surface area contributed by atoms with Gasteiger partial charge in [0.05, 0.1) is 23.8 Å². The quantitative estimate of drug-likeness (QED) is 0.721. The van der Waals surface area contributed by atoms with Gasteiger partial charge in [-0.15, -0.1) is 11.3 Å². The summed E-state index contributed by atoms with van der Waals surface area (Å²) >= 11 is 1.44. The van der Waals surface area contributed by atoms with Crippen molar-refractivity contribution in [2.24, 2.45) is 5.92 Å².